The first-order valence-electron chi connectivity index (χ1n) is 10.7. The van der Waals surface area contributed by atoms with E-state index in [-0.39, 0.29) is 5.56 Å². The highest BCUT2D eigenvalue weighted by Crippen LogP contribution is 2.32. The Hall–Kier alpha value is -3.90. The topological polar surface area (TPSA) is 82.5 Å². The van der Waals surface area contributed by atoms with Crippen molar-refractivity contribution in [3.8, 4) is 22.4 Å². The van der Waals surface area contributed by atoms with Gasteiger partial charge in [-0.1, -0.05) is 54.6 Å². The van der Waals surface area contributed by atoms with Gasteiger partial charge in [-0.15, -0.1) is 0 Å². The number of hydrogen-bond acceptors (Lipinski definition) is 5. The van der Waals surface area contributed by atoms with E-state index in [0.29, 0.717) is 17.6 Å². The van der Waals surface area contributed by atoms with Crippen molar-refractivity contribution < 1.29 is 0 Å². The van der Waals surface area contributed by atoms with Gasteiger partial charge in [0.05, 0.1) is 22.3 Å². The molecule has 0 unspecified atom stereocenters. The molecule has 0 amide bonds. The fourth-order valence-corrected chi connectivity index (χ4v) is 3.86. The van der Waals surface area contributed by atoms with Crippen molar-refractivity contribution in [3.63, 3.8) is 0 Å². The van der Waals surface area contributed by atoms with Gasteiger partial charge in [0.25, 0.3) is 5.56 Å². The van der Waals surface area contributed by atoms with Gasteiger partial charge in [0.2, 0.25) is 0 Å². The van der Waals surface area contributed by atoms with Crippen molar-refractivity contribution in [3.05, 3.63) is 88.8 Å². The molecule has 3 heterocycles. The van der Waals surface area contributed by atoms with Crippen LogP contribution in [0, 0.1) is 0 Å². The largest absolute Gasteiger partial charge is 0.328 e. The van der Waals surface area contributed by atoms with Crippen LogP contribution in [0.5, 0.6) is 0 Å². The summed E-state index contributed by atoms with van der Waals surface area (Å²) in [7, 11) is 0. The van der Waals surface area contributed by atoms with Gasteiger partial charge < -0.3 is 10.3 Å². The Balaban J connectivity index is 1.42. The molecule has 2 aromatic carbocycles. The minimum Gasteiger partial charge on any atom is -0.328 e. The number of aromatic nitrogens is 2. The minimum atomic E-state index is -0.130. The molecule has 2 N–H and O–H groups in total. The number of pyridine rings is 2. The van der Waals surface area contributed by atoms with E-state index in [1.165, 1.54) is 5.56 Å². The summed E-state index contributed by atoms with van der Waals surface area (Å²) in [5, 5.41) is 4.05. The molecule has 1 aliphatic rings. The van der Waals surface area contributed by atoms with Crippen LogP contribution in [0.1, 0.15) is 12.0 Å². The first kappa shape index (κ1) is 20.0. The molecule has 0 aliphatic carbocycles. The zero-order valence-corrected chi connectivity index (χ0v) is 17.6. The Labute approximate surface area is 185 Å². The van der Waals surface area contributed by atoms with Crippen LogP contribution in [-0.2, 0) is 6.54 Å². The number of H-pyrrole nitrogens is 1. The van der Waals surface area contributed by atoms with Crippen molar-refractivity contribution in [1.29, 1.82) is 0 Å². The molecule has 0 radical (unpaired) electrons. The lowest BCUT2D eigenvalue weighted by atomic mass is 9.97. The minimum absolute atomic E-state index is 0.130. The summed E-state index contributed by atoms with van der Waals surface area (Å²) in [4.78, 5) is 28.4. The van der Waals surface area contributed by atoms with Crippen LogP contribution >= 0.6 is 0 Å². The number of nitrogens with zero attached hydrogens (tertiary/aromatic N) is 3. The Morgan fingerprint density at radius 2 is 1.81 bits per heavy atom. The summed E-state index contributed by atoms with van der Waals surface area (Å²) in [6.45, 7) is 2.22. The van der Waals surface area contributed by atoms with Crippen molar-refractivity contribution in [2.24, 2.45) is 9.98 Å². The molecule has 6 heteroatoms. The van der Waals surface area contributed by atoms with E-state index in [1.807, 2.05) is 48.7 Å². The van der Waals surface area contributed by atoms with E-state index in [1.54, 1.807) is 6.20 Å². The second-order valence-corrected chi connectivity index (χ2v) is 7.72. The van der Waals surface area contributed by atoms with E-state index < -0.39 is 0 Å². The quantitative estimate of drug-likeness (QED) is 0.438. The molecule has 0 atom stereocenters. The van der Waals surface area contributed by atoms with E-state index in [9.17, 15) is 4.79 Å². The Bertz CT molecular complexity index is 1350. The molecule has 4 aromatic rings. The Morgan fingerprint density at radius 3 is 2.59 bits per heavy atom. The second kappa shape index (κ2) is 9.08. The first-order chi connectivity index (χ1) is 15.8. The molecular formula is C26H23N5O. The monoisotopic (exact) mass is 421 g/mol. The zero-order chi connectivity index (χ0) is 21.8. The summed E-state index contributed by atoms with van der Waals surface area (Å²) in [5.41, 5.74) is 6.68. The molecule has 2 aromatic heterocycles. The summed E-state index contributed by atoms with van der Waals surface area (Å²) < 4.78 is 0. The molecule has 0 saturated carbocycles. The number of hydrogen-bond donors (Lipinski definition) is 2. The van der Waals surface area contributed by atoms with Crippen molar-refractivity contribution >= 4 is 22.8 Å². The van der Waals surface area contributed by atoms with Crippen LogP contribution < -0.4 is 10.9 Å². The van der Waals surface area contributed by atoms with Crippen LogP contribution in [0.4, 0.5) is 0 Å². The number of aromatic amines is 1. The van der Waals surface area contributed by atoms with Crippen LogP contribution in [-0.4, -0.2) is 35.1 Å². The van der Waals surface area contributed by atoms with E-state index in [0.717, 1.165) is 47.6 Å². The molecule has 0 saturated heterocycles. The fourth-order valence-electron chi connectivity index (χ4n) is 3.86. The molecule has 5 rings (SSSR count). The van der Waals surface area contributed by atoms with E-state index in [2.05, 4.69) is 44.6 Å². The van der Waals surface area contributed by atoms with Gasteiger partial charge in [-0.2, -0.15) is 0 Å². The highest BCUT2D eigenvalue weighted by molar-refractivity contribution is 6.31. The third kappa shape index (κ3) is 4.26. The summed E-state index contributed by atoms with van der Waals surface area (Å²) in [5.74, 6) is 0. The lowest BCUT2D eigenvalue weighted by Crippen LogP contribution is -2.17. The molecule has 0 spiro atoms. The highest BCUT2D eigenvalue weighted by atomic mass is 16.1. The van der Waals surface area contributed by atoms with Gasteiger partial charge in [0.15, 0.2) is 0 Å². The fraction of sp³-hybridized carbons (Fsp3) is 0.154. The molecule has 0 fully saturated rings. The van der Waals surface area contributed by atoms with Crippen LogP contribution in [0.2, 0.25) is 0 Å². The third-order valence-corrected chi connectivity index (χ3v) is 5.55. The molecular weight excluding hydrogens is 398 g/mol. The normalized spacial score (nSPS) is 12.9. The Kier molecular flexibility index (Phi) is 5.68. The average Bonchev–Trinajstić information content (AvgIpc) is 3.36. The number of aliphatic imine (C=N–C) groups is 2. The predicted octanol–water partition coefficient (Wildman–Crippen LogP) is 4.22. The SMILES string of the molecule is O=c1[nH]ccc2nc(-c3ccc(CNCCC4=NCN=C4)cc3)c(-c3ccccc3)cc12. The van der Waals surface area contributed by atoms with Crippen LogP contribution in [0.25, 0.3) is 33.3 Å². The van der Waals surface area contributed by atoms with Gasteiger partial charge in [0.1, 0.15) is 6.67 Å². The number of benzene rings is 2. The number of nitrogens with one attached hydrogen (secondary N) is 2. The third-order valence-electron chi connectivity index (χ3n) is 5.55. The van der Waals surface area contributed by atoms with Crippen LogP contribution in [0.15, 0.2) is 87.7 Å². The van der Waals surface area contributed by atoms with Crippen molar-refractivity contribution in [1.82, 2.24) is 15.3 Å². The number of rotatable bonds is 7. The lowest BCUT2D eigenvalue weighted by Gasteiger charge is -2.12. The van der Waals surface area contributed by atoms with Gasteiger partial charge >= 0.3 is 0 Å². The van der Waals surface area contributed by atoms with E-state index in [4.69, 9.17) is 4.98 Å². The summed E-state index contributed by atoms with van der Waals surface area (Å²) in [6.07, 6.45) is 4.38. The van der Waals surface area contributed by atoms with Crippen molar-refractivity contribution in [2.75, 3.05) is 13.2 Å². The zero-order valence-electron chi connectivity index (χ0n) is 17.6. The molecule has 32 heavy (non-hydrogen) atoms. The van der Waals surface area contributed by atoms with Crippen molar-refractivity contribution in [2.45, 2.75) is 13.0 Å². The Morgan fingerprint density at radius 1 is 0.969 bits per heavy atom. The molecule has 6 nitrogen and oxygen atoms in total. The maximum Gasteiger partial charge on any atom is 0.257 e. The predicted molar refractivity (Wildman–Crippen MR) is 130 cm³/mol. The highest BCUT2D eigenvalue weighted by Gasteiger charge is 2.13. The maximum atomic E-state index is 12.3. The average molecular weight is 422 g/mol. The smallest absolute Gasteiger partial charge is 0.257 e. The number of fused-ring (bicyclic) bond motifs is 1. The van der Waals surface area contributed by atoms with Gasteiger partial charge in [-0.05, 0) is 23.3 Å². The standard InChI is InChI=1S/C26H23N5O/c32-26-23-14-22(19-4-2-1-3-5-19)25(31-24(23)11-13-29-26)20-8-6-18(7-9-20)15-27-12-10-21-16-28-17-30-21/h1-9,11,13-14,16,27H,10,12,15,17H2,(H,29,32). The maximum absolute atomic E-state index is 12.3. The van der Waals surface area contributed by atoms with Gasteiger partial charge in [-0.25, -0.2) is 4.98 Å². The second-order valence-electron chi connectivity index (χ2n) is 7.72. The molecule has 158 valence electrons. The lowest BCUT2D eigenvalue weighted by molar-refractivity contribution is 0.706. The van der Waals surface area contributed by atoms with E-state index >= 15 is 0 Å². The van der Waals surface area contributed by atoms with Gasteiger partial charge in [0, 0.05) is 43.0 Å². The first-order valence-corrected chi connectivity index (χ1v) is 10.7. The summed E-state index contributed by atoms with van der Waals surface area (Å²) in [6, 6.07) is 22.3. The molecule has 1 aliphatic heterocycles. The van der Waals surface area contributed by atoms with Crippen LogP contribution in [0.3, 0.4) is 0 Å². The summed E-state index contributed by atoms with van der Waals surface area (Å²) >= 11 is 0. The molecule has 0 bridgehead atoms. The van der Waals surface area contributed by atoms with Gasteiger partial charge in [-0.3, -0.25) is 14.8 Å².